The molecule has 1 unspecified atom stereocenters. The molecule has 2 heteroatoms. The first-order valence-corrected chi connectivity index (χ1v) is 5.23. The molecule has 0 saturated carbocycles. The first kappa shape index (κ1) is 13.6. The summed E-state index contributed by atoms with van der Waals surface area (Å²) in [6.07, 6.45) is -0.873. The number of aliphatic hydroxyl groups is 1. The molecule has 0 bridgehead atoms. The molecule has 0 rings (SSSR count). The van der Waals surface area contributed by atoms with Crippen molar-refractivity contribution < 1.29 is 9.90 Å². The van der Waals surface area contributed by atoms with Gasteiger partial charge < -0.3 is 5.11 Å². The van der Waals surface area contributed by atoms with Gasteiger partial charge in [-0.25, -0.2) is 0 Å². The van der Waals surface area contributed by atoms with Crippen molar-refractivity contribution in [1.82, 2.24) is 0 Å². The average Bonchev–Trinajstić information content (AvgIpc) is 1.99. The van der Waals surface area contributed by atoms with Gasteiger partial charge in [-0.2, -0.15) is 0 Å². The van der Waals surface area contributed by atoms with Crippen LogP contribution in [-0.2, 0) is 4.79 Å². The molecule has 14 heavy (non-hydrogen) atoms. The molecule has 0 heterocycles. The quantitative estimate of drug-likeness (QED) is 0.760. The summed E-state index contributed by atoms with van der Waals surface area (Å²) in [4.78, 5) is 11.7. The Morgan fingerprint density at radius 3 is 1.64 bits per heavy atom. The lowest BCUT2D eigenvalue weighted by atomic mass is 9.64. The van der Waals surface area contributed by atoms with E-state index in [9.17, 15) is 9.90 Å². The summed E-state index contributed by atoms with van der Waals surface area (Å²) in [6, 6.07) is 0. The van der Waals surface area contributed by atoms with Crippen molar-refractivity contribution in [2.24, 2.45) is 16.7 Å². The third-order valence-electron chi connectivity index (χ3n) is 3.46. The Kier molecular flexibility index (Phi) is 3.91. The van der Waals surface area contributed by atoms with Crippen molar-refractivity contribution in [3.8, 4) is 0 Å². The SMILES string of the molecule is CC(C)C(=O)C(O)C(C)(C)C(C)(C)C. The molecule has 2 nitrogen and oxygen atoms in total. The Morgan fingerprint density at radius 2 is 1.43 bits per heavy atom. The minimum atomic E-state index is -0.873. The Hall–Kier alpha value is -0.370. The molecular formula is C12H24O2. The van der Waals surface area contributed by atoms with Crippen LogP contribution in [0.1, 0.15) is 48.5 Å². The van der Waals surface area contributed by atoms with Crippen molar-refractivity contribution in [3.63, 3.8) is 0 Å². The first-order chi connectivity index (χ1) is 6.01. The number of carbonyl (C=O) groups is 1. The second-order valence-corrected chi connectivity index (χ2v) is 5.93. The van der Waals surface area contributed by atoms with E-state index in [-0.39, 0.29) is 17.1 Å². The molecular weight excluding hydrogens is 176 g/mol. The molecule has 84 valence electrons. The van der Waals surface area contributed by atoms with Gasteiger partial charge in [0.2, 0.25) is 0 Å². The molecule has 0 radical (unpaired) electrons. The van der Waals surface area contributed by atoms with Crippen molar-refractivity contribution in [2.45, 2.75) is 54.6 Å². The predicted octanol–water partition coefficient (Wildman–Crippen LogP) is 2.64. The van der Waals surface area contributed by atoms with Crippen LogP contribution in [0.3, 0.4) is 0 Å². The first-order valence-electron chi connectivity index (χ1n) is 5.23. The van der Waals surface area contributed by atoms with Gasteiger partial charge in [-0.1, -0.05) is 48.5 Å². The summed E-state index contributed by atoms with van der Waals surface area (Å²) in [7, 11) is 0. The van der Waals surface area contributed by atoms with E-state index in [0.29, 0.717) is 0 Å². The molecule has 0 fully saturated rings. The zero-order valence-corrected chi connectivity index (χ0v) is 10.5. The minimum absolute atomic E-state index is 0.0649. The second-order valence-electron chi connectivity index (χ2n) is 5.93. The molecule has 0 spiro atoms. The molecule has 0 aromatic heterocycles. The van der Waals surface area contributed by atoms with Gasteiger partial charge in [-0.15, -0.1) is 0 Å². The summed E-state index contributed by atoms with van der Waals surface area (Å²) in [5.41, 5.74) is -0.481. The summed E-state index contributed by atoms with van der Waals surface area (Å²) in [5.74, 6) is -0.170. The van der Waals surface area contributed by atoms with E-state index in [1.54, 1.807) is 0 Å². The molecule has 1 atom stereocenters. The Labute approximate surface area is 87.7 Å². The van der Waals surface area contributed by atoms with E-state index in [1.165, 1.54) is 0 Å². The highest BCUT2D eigenvalue weighted by atomic mass is 16.3. The van der Waals surface area contributed by atoms with E-state index in [2.05, 4.69) is 0 Å². The van der Waals surface area contributed by atoms with Gasteiger partial charge >= 0.3 is 0 Å². The summed E-state index contributed by atoms with van der Waals surface area (Å²) < 4.78 is 0. The van der Waals surface area contributed by atoms with Gasteiger partial charge in [0.25, 0.3) is 0 Å². The van der Waals surface area contributed by atoms with Crippen molar-refractivity contribution in [2.75, 3.05) is 0 Å². The highest BCUT2D eigenvalue weighted by molar-refractivity contribution is 5.85. The summed E-state index contributed by atoms with van der Waals surface area (Å²) >= 11 is 0. The van der Waals surface area contributed by atoms with Crippen LogP contribution in [0.15, 0.2) is 0 Å². The monoisotopic (exact) mass is 200 g/mol. The van der Waals surface area contributed by atoms with Crippen molar-refractivity contribution in [3.05, 3.63) is 0 Å². The second kappa shape index (κ2) is 4.01. The lowest BCUT2D eigenvalue weighted by molar-refractivity contribution is -0.141. The van der Waals surface area contributed by atoms with E-state index in [4.69, 9.17) is 0 Å². The highest BCUT2D eigenvalue weighted by Gasteiger charge is 2.43. The maximum absolute atomic E-state index is 11.7. The van der Waals surface area contributed by atoms with Gasteiger partial charge in [0, 0.05) is 11.3 Å². The smallest absolute Gasteiger partial charge is 0.164 e. The van der Waals surface area contributed by atoms with Crippen LogP contribution < -0.4 is 0 Å². The number of hydrogen-bond acceptors (Lipinski definition) is 2. The number of aliphatic hydroxyl groups excluding tert-OH is 1. The molecule has 0 aliphatic rings. The van der Waals surface area contributed by atoms with Crippen LogP contribution in [0.4, 0.5) is 0 Å². The molecule has 0 saturated heterocycles. The fraction of sp³-hybridized carbons (Fsp3) is 0.917. The number of Topliss-reactive ketones (excluding diaryl/α,β-unsaturated/α-hetero) is 1. The predicted molar refractivity (Wildman–Crippen MR) is 59.1 cm³/mol. The van der Waals surface area contributed by atoms with Gasteiger partial charge in [-0.05, 0) is 5.41 Å². The van der Waals surface area contributed by atoms with Crippen LogP contribution in [-0.4, -0.2) is 17.0 Å². The molecule has 0 aliphatic heterocycles. The summed E-state index contributed by atoms with van der Waals surface area (Å²) in [6.45, 7) is 13.7. The maximum Gasteiger partial charge on any atom is 0.164 e. The minimum Gasteiger partial charge on any atom is -0.385 e. The van der Waals surface area contributed by atoms with Gasteiger partial charge in [0.1, 0.15) is 6.10 Å². The summed E-state index contributed by atoms with van der Waals surface area (Å²) in [5, 5.41) is 10.0. The highest BCUT2D eigenvalue weighted by Crippen LogP contribution is 2.41. The topological polar surface area (TPSA) is 37.3 Å². The van der Waals surface area contributed by atoms with Crippen LogP contribution in [0.25, 0.3) is 0 Å². The zero-order chi connectivity index (χ0) is 11.7. The van der Waals surface area contributed by atoms with Crippen LogP contribution in [0.5, 0.6) is 0 Å². The van der Waals surface area contributed by atoms with Crippen molar-refractivity contribution in [1.29, 1.82) is 0 Å². The molecule has 0 aromatic rings. The maximum atomic E-state index is 11.7. The number of carbonyl (C=O) groups excluding carboxylic acids is 1. The van der Waals surface area contributed by atoms with Gasteiger partial charge in [0.15, 0.2) is 5.78 Å². The molecule has 0 aromatic carbocycles. The fourth-order valence-corrected chi connectivity index (χ4v) is 1.08. The Bertz CT molecular complexity index is 209. The number of ketones is 1. The van der Waals surface area contributed by atoms with Crippen LogP contribution in [0, 0.1) is 16.7 Å². The fourth-order valence-electron chi connectivity index (χ4n) is 1.08. The number of hydrogen-bond donors (Lipinski definition) is 1. The molecule has 0 aliphatic carbocycles. The standard InChI is InChI=1S/C12H24O2/c1-8(2)9(13)10(14)12(6,7)11(3,4)5/h8,10,14H,1-7H3. The van der Waals surface area contributed by atoms with Gasteiger partial charge in [-0.3, -0.25) is 4.79 Å². The number of rotatable bonds is 3. The van der Waals surface area contributed by atoms with Crippen LogP contribution in [0.2, 0.25) is 0 Å². The van der Waals surface area contributed by atoms with E-state index in [1.807, 2.05) is 48.5 Å². The lowest BCUT2D eigenvalue weighted by Crippen LogP contribution is -2.46. The lowest BCUT2D eigenvalue weighted by Gasteiger charge is -2.42. The zero-order valence-electron chi connectivity index (χ0n) is 10.5. The van der Waals surface area contributed by atoms with E-state index >= 15 is 0 Å². The molecule has 0 amide bonds. The van der Waals surface area contributed by atoms with Crippen molar-refractivity contribution >= 4 is 5.78 Å². The third kappa shape index (κ3) is 2.57. The normalized spacial score (nSPS) is 15.8. The largest absolute Gasteiger partial charge is 0.385 e. The van der Waals surface area contributed by atoms with E-state index < -0.39 is 11.5 Å². The Morgan fingerprint density at radius 1 is 1.07 bits per heavy atom. The average molecular weight is 200 g/mol. The molecule has 1 N–H and O–H groups in total. The third-order valence-corrected chi connectivity index (χ3v) is 3.46. The Balaban J connectivity index is 4.85. The van der Waals surface area contributed by atoms with Gasteiger partial charge in [0.05, 0.1) is 0 Å². The van der Waals surface area contributed by atoms with E-state index in [0.717, 1.165) is 0 Å². The van der Waals surface area contributed by atoms with Crippen LogP contribution >= 0.6 is 0 Å².